The molecule has 0 amide bonds. The molecule has 26 heavy (non-hydrogen) atoms. The fourth-order valence-corrected chi connectivity index (χ4v) is 3.54. The van der Waals surface area contributed by atoms with E-state index in [0.717, 1.165) is 36.3 Å². The summed E-state index contributed by atoms with van der Waals surface area (Å²) < 4.78 is 0. The molecule has 1 aromatic carbocycles. The van der Waals surface area contributed by atoms with Crippen molar-refractivity contribution in [1.29, 1.82) is 0 Å². The van der Waals surface area contributed by atoms with E-state index in [1.165, 1.54) is 16.1 Å². The number of rotatable bonds is 7. The van der Waals surface area contributed by atoms with Gasteiger partial charge in [-0.2, -0.15) is 0 Å². The van der Waals surface area contributed by atoms with Crippen LogP contribution in [-0.4, -0.2) is 37.6 Å². The summed E-state index contributed by atoms with van der Waals surface area (Å²) >= 11 is 1.73. The second-order valence-electron chi connectivity index (χ2n) is 5.97. The first-order valence-electron chi connectivity index (χ1n) is 8.73. The Morgan fingerprint density at radius 1 is 1.19 bits per heavy atom. The Morgan fingerprint density at radius 2 is 1.92 bits per heavy atom. The molecule has 0 saturated heterocycles. The standard InChI is InChI=1S/C19H29N5S.HI/c1-6-24(17-10-8-7-9-14(17)2)12-11-21-19(20-5)22-13-18-23-15(3)16(4)25-18;/h7-10H,6,11-13H2,1-5H3,(H2,20,21,22);1H. The summed E-state index contributed by atoms with van der Waals surface area (Å²) in [7, 11) is 1.80. The minimum absolute atomic E-state index is 0. The molecule has 2 aromatic rings. The zero-order chi connectivity index (χ0) is 18.2. The van der Waals surface area contributed by atoms with E-state index < -0.39 is 0 Å². The van der Waals surface area contributed by atoms with Crippen molar-refractivity contribution in [2.75, 3.05) is 31.6 Å². The number of benzene rings is 1. The van der Waals surface area contributed by atoms with E-state index in [1.807, 2.05) is 6.92 Å². The smallest absolute Gasteiger partial charge is 0.191 e. The second-order valence-corrected chi connectivity index (χ2v) is 7.26. The highest BCUT2D eigenvalue weighted by atomic mass is 127. The van der Waals surface area contributed by atoms with Gasteiger partial charge >= 0.3 is 0 Å². The number of guanidine groups is 1. The molecule has 0 radical (unpaired) electrons. The van der Waals surface area contributed by atoms with Crippen LogP contribution in [0.1, 0.15) is 28.1 Å². The molecule has 7 heteroatoms. The zero-order valence-electron chi connectivity index (χ0n) is 16.3. The predicted molar refractivity (Wildman–Crippen MR) is 124 cm³/mol. The molecule has 5 nitrogen and oxygen atoms in total. The molecular formula is C19H30IN5S. The van der Waals surface area contributed by atoms with Gasteiger partial charge in [-0.1, -0.05) is 18.2 Å². The van der Waals surface area contributed by atoms with Crippen molar-refractivity contribution in [2.24, 2.45) is 4.99 Å². The van der Waals surface area contributed by atoms with Gasteiger partial charge in [0.05, 0.1) is 12.2 Å². The third kappa shape index (κ3) is 6.42. The molecule has 1 heterocycles. The van der Waals surface area contributed by atoms with Crippen LogP contribution in [-0.2, 0) is 6.54 Å². The number of likely N-dealkylation sites (N-methyl/N-ethyl adjacent to an activating group) is 1. The molecule has 0 unspecified atom stereocenters. The Morgan fingerprint density at radius 3 is 2.50 bits per heavy atom. The predicted octanol–water partition coefficient (Wildman–Crippen LogP) is 3.88. The Balaban J connectivity index is 0.00000338. The molecular weight excluding hydrogens is 457 g/mol. The van der Waals surface area contributed by atoms with Crippen LogP contribution >= 0.6 is 35.3 Å². The number of aryl methyl sites for hydroxylation is 3. The Bertz CT molecular complexity index is 694. The van der Waals surface area contributed by atoms with Gasteiger partial charge in [-0.15, -0.1) is 35.3 Å². The van der Waals surface area contributed by atoms with Crippen molar-refractivity contribution in [2.45, 2.75) is 34.2 Å². The molecule has 0 aliphatic carbocycles. The second kappa shape index (κ2) is 11.4. The van der Waals surface area contributed by atoms with Gasteiger partial charge in [0.2, 0.25) is 0 Å². The molecule has 0 spiro atoms. The lowest BCUT2D eigenvalue weighted by Gasteiger charge is -2.25. The monoisotopic (exact) mass is 487 g/mol. The van der Waals surface area contributed by atoms with Gasteiger partial charge in [-0.25, -0.2) is 4.98 Å². The van der Waals surface area contributed by atoms with Crippen LogP contribution in [0.2, 0.25) is 0 Å². The lowest BCUT2D eigenvalue weighted by Crippen LogP contribution is -2.41. The first-order valence-corrected chi connectivity index (χ1v) is 9.54. The molecule has 0 aliphatic heterocycles. The van der Waals surface area contributed by atoms with Crippen LogP contribution < -0.4 is 15.5 Å². The number of anilines is 1. The number of thiazole rings is 1. The Hall–Kier alpha value is -1.35. The number of hydrogen-bond donors (Lipinski definition) is 2. The Labute approximate surface area is 178 Å². The van der Waals surface area contributed by atoms with Gasteiger partial charge in [0.1, 0.15) is 5.01 Å². The lowest BCUT2D eigenvalue weighted by atomic mass is 10.2. The molecule has 0 fully saturated rings. The highest BCUT2D eigenvalue weighted by molar-refractivity contribution is 14.0. The van der Waals surface area contributed by atoms with Crippen molar-refractivity contribution < 1.29 is 0 Å². The summed E-state index contributed by atoms with van der Waals surface area (Å²) in [5, 5.41) is 7.82. The largest absolute Gasteiger partial charge is 0.370 e. The quantitative estimate of drug-likeness (QED) is 0.354. The van der Waals surface area contributed by atoms with Crippen LogP contribution in [0.25, 0.3) is 0 Å². The first kappa shape index (κ1) is 22.7. The van der Waals surface area contributed by atoms with Crippen LogP contribution in [0.3, 0.4) is 0 Å². The van der Waals surface area contributed by atoms with Crippen LogP contribution in [0.4, 0.5) is 5.69 Å². The molecule has 144 valence electrons. The van der Waals surface area contributed by atoms with Crippen molar-refractivity contribution >= 4 is 47.0 Å². The van der Waals surface area contributed by atoms with E-state index in [4.69, 9.17) is 0 Å². The van der Waals surface area contributed by atoms with Crippen molar-refractivity contribution in [3.63, 3.8) is 0 Å². The highest BCUT2D eigenvalue weighted by Gasteiger charge is 2.08. The van der Waals surface area contributed by atoms with Crippen LogP contribution in [0, 0.1) is 20.8 Å². The molecule has 0 saturated carbocycles. The summed E-state index contributed by atoms with van der Waals surface area (Å²) in [6.07, 6.45) is 0. The number of nitrogens with one attached hydrogen (secondary N) is 2. The summed E-state index contributed by atoms with van der Waals surface area (Å²) in [5.41, 5.74) is 3.71. The summed E-state index contributed by atoms with van der Waals surface area (Å²) in [4.78, 5) is 12.5. The van der Waals surface area contributed by atoms with E-state index >= 15 is 0 Å². The summed E-state index contributed by atoms with van der Waals surface area (Å²) in [6.45, 7) is 11.9. The fraction of sp³-hybridized carbons (Fsp3) is 0.474. The zero-order valence-corrected chi connectivity index (χ0v) is 19.4. The minimum Gasteiger partial charge on any atom is -0.370 e. The van der Waals surface area contributed by atoms with Gasteiger partial charge in [-0.05, 0) is 39.3 Å². The number of hydrogen-bond acceptors (Lipinski definition) is 4. The van der Waals surface area contributed by atoms with Crippen LogP contribution in [0.5, 0.6) is 0 Å². The van der Waals surface area contributed by atoms with Gasteiger partial charge in [0.25, 0.3) is 0 Å². The first-order chi connectivity index (χ1) is 12.0. The lowest BCUT2D eigenvalue weighted by molar-refractivity contribution is 0.747. The number of para-hydroxylation sites is 1. The van der Waals surface area contributed by atoms with Crippen molar-refractivity contribution in [1.82, 2.24) is 15.6 Å². The van der Waals surface area contributed by atoms with Gasteiger partial charge in [-0.3, -0.25) is 4.99 Å². The Kier molecular flexibility index (Phi) is 9.93. The molecule has 0 aliphatic rings. The maximum Gasteiger partial charge on any atom is 0.191 e. The number of nitrogens with zero attached hydrogens (tertiary/aromatic N) is 3. The molecule has 2 N–H and O–H groups in total. The number of halogens is 1. The number of aromatic nitrogens is 1. The maximum atomic E-state index is 4.55. The van der Waals surface area contributed by atoms with Crippen molar-refractivity contribution in [3.8, 4) is 0 Å². The topological polar surface area (TPSA) is 52.5 Å². The minimum atomic E-state index is 0. The molecule has 0 atom stereocenters. The van der Waals surface area contributed by atoms with Crippen LogP contribution in [0.15, 0.2) is 29.3 Å². The van der Waals surface area contributed by atoms with Gasteiger partial charge < -0.3 is 15.5 Å². The third-order valence-electron chi connectivity index (χ3n) is 4.22. The highest BCUT2D eigenvalue weighted by Crippen LogP contribution is 2.18. The van der Waals surface area contributed by atoms with Gasteiger partial charge in [0.15, 0.2) is 5.96 Å². The SMILES string of the molecule is CCN(CCNC(=NC)NCc1nc(C)c(C)s1)c1ccccc1C.I. The van der Waals surface area contributed by atoms with Gasteiger partial charge in [0, 0.05) is 37.2 Å². The third-order valence-corrected chi connectivity index (χ3v) is 5.29. The summed E-state index contributed by atoms with van der Waals surface area (Å²) in [6, 6.07) is 8.51. The maximum absolute atomic E-state index is 4.55. The molecule has 2 rings (SSSR count). The molecule has 1 aromatic heterocycles. The summed E-state index contributed by atoms with van der Waals surface area (Å²) in [5.74, 6) is 0.811. The normalized spacial score (nSPS) is 11.0. The van der Waals surface area contributed by atoms with E-state index in [1.54, 1.807) is 18.4 Å². The number of aliphatic imine (C=N–C) groups is 1. The van der Waals surface area contributed by atoms with E-state index in [-0.39, 0.29) is 24.0 Å². The van der Waals surface area contributed by atoms with E-state index in [2.05, 4.69) is 70.5 Å². The average molecular weight is 487 g/mol. The van der Waals surface area contributed by atoms with Crippen molar-refractivity contribution in [3.05, 3.63) is 45.4 Å². The fourth-order valence-electron chi connectivity index (χ4n) is 2.67. The average Bonchev–Trinajstić information content (AvgIpc) is 2.93. The molecule has 0 bridgehead atoms. The van der Waals surface area contributed by atoms with E-state index in [0.29, 0.717) is 6.54 Å². The van der Waals surface area contributed by atoms with E-state index in [9.17, 15) is 0 Å².